The van der Waals surface area contributed by atoms with E-state index in [0.29, 0.717) is 23.6 Å². The van der Waals surface area contributed by atoms with Crippen molar-refractivity contribution in [2.75, 3.05) is 18.1 Å². The second-order valence-electron chi connectivity index (χ2n) is 8.52. The molecule has 0 saturated heterocycles. The predicted octanol–water partition coefficient (Wildman–Crippen LogP) is 3.64. The normalized spacial score (nSPS) is 14.1. The van der Waals surface area contributed by atoms with Gasteiger partial charge in [0.2, 0.25) is 11.8 Å². The molecule has 36 heavy (non-hydrogen) atoms. The van der Waals surface area contributed by atoms with Crippen molar-refractivity contribution in [3.05, 3.63) is 78.5 Å². The first-order valence-electron chi connectivity index (χ1n) is 12.1. The number of nitrogens with one attached hydrogen (secondary N) is 2. The van der Waals surface area contributed by atoms with E-state index >= 15 is 0 Å². The van der Waals surface area contributed by atoms with E-state index in [1.54, 1.807) is 54.9 Å². The second kappa shape index (κ2) is 12.0. The number of carbonyl (C=O) groups excluding carboxylic acids is 3. The summed E-state index contributed by atoms with van der Waals surface area (Å²) < 4.78 is 10.7. The molecule has 1 aliphatic rings. The van der Waals surface area contributed by atoms with Crippen LogP contribution in [0.5, 0.6) is 5.75 Å². The molecule has 4 rings (SSSR count). The Bertz CT molecular complexity index is 1140. The van der Waals surface area contributed by atoms with Crippen LogP contribution in [0.3, 0.4) is 0 Å². The molecule has 2 aromatic heterocycles. The Morgan fingerprint density at radius 2 is 1.81 bits per heavy atom. The van der Waals surface area contributed by atoms with Gasteiger partial charge in [0, 0.05) is 24.1 Å². The number of furan rings is 1. The molecule has 0 radical (unpaired) electrons. The maximum absolute atomic E-state index is 13.7. The maximum atomic E-state index is 13.7. The van der Waals surface area contributed by atoms with E-state index < -0.39 is 17.9 Å². The molecule has 1 fully saturated rings. The van der Waals surface area contributed by atoms with Gasteiger partial charge in [-0.05, 0) is 73.9 Å². The number of hydrogen-bond acceptors (Lipinski definition) is 6. The molecule has 188 valence electrons. The fourth-order valence-electron chi connectivity index (χ4n) is 4.36. The highest BCUT2D eigenvalue weighted by Crippen LogP contribution is 2.30. The Morgan fingerprint density at radius 3 is 2.44 bits per heavy atom. The Hall–Kier alpha value is -4.14. The second-order valence-corrected chi connectivity index (χ2v) is 8.52. The SMILES string of the molecule is CCOc1ccc(N(C(=O)CNC(=O)c2ccco2)[C@@H](C(=O)NC2CCCC2)c2ccncc2)cc1. The number of anilines is 1. The number of ether oxygens (including phenoxy) is 1. The van der Waals surface area contributed by atoms with Crippen LogP contribution in [0.1, 0.15) is 54.8 Å². The molecule has 1 aromatic carbocycles. The van der Waals surface area contributed by atoms with Crippen LogP contribution in [-0.2, 0) is 9.59 Å². The third kappa shape index (κ3) is 6.10. The van der Waals surface area contributed by atoms with Gasteiger partial charge in [0.1, 0.15) is 11.8 Å². The number of carbonyl (C=O) groups is 3. The molecule has 1 aliphatic carbocycles. The molecular weight excluding hydrogens is 460 g/mol. The fourth-order valence-corrected chi connectivity index (χ4v) is 4.36. The highest BCUT2D eigenvalue weighted by Gasteiger charge is 2.34. The van der Waals surface area contributed by atoms with E-state index in [2.05, 4.69) is 15.6 Å². The number of nitrogens with zero attached hydrogens (tertiary/aromatic N) is 2. The molecule has 0 bridgehead atoms. The van der Waals surface area contributed by atoms with Crippen LogP contribution in [0.4, 0.5) is 5.69 Å². The topological polar surface area (TPSA) is 114 Å². The number of amides is 3. The Balaban J connectivity index is 1.66. The van der Waals surface area contributed by atoms with Crippen molar-refractivity contribution in [1.29, 1.82) is 0 Å². The van der Waals surface area contributed by atoms with E-state index in [4.69, 9.17) is 9.15 Å². The number of rotatable bonds is 10. The molecule has 0 spiro atoms. The van der Waals surface area contributed by atoms with Crippen molar-refractivity contribution in [2.45, 2.75) is 44.7 Å². The third-order valence-corrected chi connectivity index (χ3v) is 6.07. The molecule has 0 unspecified atom stereocenters. The zero-order valence-electron chi connectivity index (χ0n) is 20.2. The summed E-state index contributed by atoms with van der Waals surface area (Å²) in [4.78, 5) is 45.2. The van der Waals surface area contributed by atoms with Crippen molar-refractivity contribution >= 4 is 23.4 Å². The monoisotopic (exact) mass is 490 g/mol. The van der Waals surface area contributed by atoms with Crippen LogP contribution in [-0.4, -0.2) is 41.9 Å². The van der Waals surface area contributed by atoms with Crippen molar-refractivity contribution in [1.82, 2.24) is 15.6 Å². The molecule has 2 heterocycles. The van der Waals surface area contributed by atoms with Gasteiger partial charge in [0.25, 0.3) is 5.91 Å². The number of pyridine rings is 1. The first kappa shape index (κ1) is 25.0. The van der Waals surface area contributed by atoms with Gasteiger partial charge in [-0.2, -0.15) is 0 Å². The highest BCUT2D eigenvalue weighted by molar-refractivity contribution is 6.04. The smallest absolute Gasteiger partial charge is 0.287 e. The quantitative estimate of drug-likeness (QED) is 0.449. The van der Waals surface area contributed by atoms with Crippen molar-refractivity contribution in [3.63, 3.8) is 0 Å². The summed E-state index contributed by atoms with van der Waals surface area (Å²) in [6.07, 6.45) is 8.50. The Kier molecular flexibility index (Phi) is 8.33. The van der Waals surface area contributed by atoms with E-state index in [0.717, 1.165) is 25.7 Å². The number of aromatic nitrogens is 1. The van der Waals surface area contributed by atoms with E-state index in [9.17, 15) is 14.4 Å². The van der Waals surface area contributed by atoms with Gasteiger partial charge in [-0.15, -0.1) is 0 Å². The average Bonchev–Trinajstić information content (AvgIpc) is 3.62. The van der Waals surface area contributed by atoms with Crippen LogP contribution in [0.2, 0.25) is 0 Å². The van der Waals surface area contributed by atoms with Crippen LogP contribution in [0.25, 0.3) is 0 Å². The zero-order valence-corrected chi connectivity index (χ0v) is 20.2. The van der Waals surface area contributed by atoms with Gasteiger partial charge < -0.3 is 19.8 Å². The lowest BCUT2D eigenvalue weighted by Crippen LogP contribution is -2.49. The van der Waals surface area contributed by atoms with Crippen molar-refractivity contribution in [3.8, 4) is 5.75 Å². The summed E-state index contributed by atoms with van der Waals surface area (Å²) in [6.45, 7) is 2.06. The molecule has 1 atom stereocenters. The fraction of sp³-hybridized carbons (Fsp3) is 0.333. The van der Waals surface area contributed by atoms with Gasteiger partial charge in [0.15, 0.2) is 5.76 Å². The number of benzene rings is 1. The first-order valence-corrected chi connectivity index (χ1v) is 12.1. The number of hydrogen-bond donors (Lipinski definition) is 2. The van der Waals surface area contributed by atoms with Crippen molar-refractivity contribution in [2.24, 2.45) is 0 Å². The molecule has 9 nitrogen and oxygen atoms in total. The zero-order chi connectivity index (χ0) is 25.3. The summed E-state index contributed by atoms with van der Waals surface area (Å²) in [6, 6.07) is 12.6. The van der Waals surface area contributed by atoms with Gasteiger partial charge in [-0.1, -0.05) is 12.8 Å². The average molecular weight is 491 g/mol. The minimum Gasteiger partial charge on any atom is -0.494 e. The summed E-state index contributed by atoms with van der Waals surface area (Å²) in [7, 11) is 0. The molecule has 2 N–H and O–H groups in total. The third-order valence-electron chi connectivity index (χ3n) is 6.07. The lowest BCUT2D eigenvalue weighted by molar-refractivity contribution is -0.126. The standard InChI is InChI=1S/C27H30N4O5/c1-2-35-22-11-9-21(10-12-22)31(24(32)18-29-26(33)23-8-5-17-36-23)25(19-13-15-28-16-14-19)27(34)30-20-6-3-4-7-20/h5,8-17,20,25H,2-4,6-7,18H2,1H3,(H,29,33)(H,30,34)/t25-/m1/s1. The van der Waals surface area contributed by atoms with Gasteiger partial charge in [-0.25, -0.2) is 0 Å². The molecule has 3 amide bonds. The van der Waals surface area contributed by atoms with E-state index in [1.165, 1.54) is 17.2 Å². The predicted molar refractivity (Wildman–Crippen MR) is 134 cm³/mol. The van der Waals surface area contributed by atoms with Crippen LogP contribution >= 0.6 is 0 Å². The maximum Gasteiger partial charge on any atom is 0.287 e. The molecule has 1 saturated carbocycles. The Labute approximate surface area is 209 Å². The summed E-state index contributed by atoms with van der Waals surface area (Å²) in [5.41, 5.74) is 1.11. The van der Waals surface area contributed by atoms with Crippen LogP contribution in [0.15, 0.2) is 71.6 Å². The molecule has 9 heteroatoms. The minimum absolute atomic E-state index is 0.0674. The molecule has 0 aliphatic heterocycles. The van der Waals surface area contributed by atoms with E-state index in [-0.39, 0.29) is 24.3 Å². The van der Waals surface area contributed by atoms with Gasteiger partial charge in [-0.3, -0.25) is 24.3 Å². The molecular formula is C27H30N4O5. The summed E-state index contributed by atoms with van der Waals surface area (Å²) in [5.74, 6) is -0.512. The lowest BCUT2D eigenvalue weighted by atomic mass is 10.0. The largest absolute Gasteiger partial charge is 0.494 e. The first-order chi connectivity index (χ1) is 17.6. The van der Waals surface area contributed by atoms with E-state index in [1.807, 2.05) is 6.92 Å². The van der Waals surface area contributed by atoms with Crippen molar-refractivity contribution < 1.29 is 23.5 Å². The minimum atomic E-state index is -0.959. The lowest BCUT2D eigenvalue weighted by Gasteiger charge is -2.32. The summed E-state index contributed by atoms with van der Waals surface area (Å²) >= 11 is 0. The summed E-state index contributed by atoms with van der Waals surface area (Å²) in [5, 5.41) is 5.71. The van der Waals surface area contributed by atoms with Crippen LogP contribution in [0, 0.1) is 0 Å². The molecule has 3 aromatic rings. The van der Waals surface area contributed by atoms with Gasteiger partial charge in [0.05, 0.1) is 19.4 Å². The highest BCUT2D eigenvalue weighted by atomic mass is 16.5. The van der Waals surface area contributed by atoms with Gasteiger partial charge >= 0.3 is 0 Å². The Morgan fingerprint density at radius 1 is 1.08 bits per heavy atom. The van der Waals surface area contributed by atoms with Crippen LogP contribution < -0.4 is 20.3 Å².